The Kier molecular flexibility index (Phi) is 4.16. The molecular formula is C14H17NO4. The van der Waals surface area contributed by atoms with E-state index in [4.69, 9.17) is 9.84 Å². The summed E-state index contributed by atoms with van der Waals surface area (Å²) in [5.41, 5.74) is 1.06. The van der Waals surface area contributed by atoms with Gasteiger partial charge in [-0.15, -0.1) is 0 Å². The number of hydrogen-bond donors (Lipinski definition) is 1. The third-order valence-electron chi connectivity index (χ3n) is 3.39. The smallest absolute Gasteiger partial charge is 0.335 e. The second-order valence-electron chi connectivity index (χ2n) is 4.66. The number of rotatable bonds is 4. The highest BCUT2D eigenvalue weighted by Gasteiger charge is 2.25. The van der Waals surface area contributed by atoms with Gasteiger partial charge in [-0.1, -0.05) is 12.1 Å². The largest absolute Gasteiger partial charge is 0.478 e. The van der Waals surface area contributed by atoms with Crippen LogP contribution in [0.25, 0.3) is 0 Å². The minimum atomic E-state index is -0.958. The van der Waals surface area contributed by atoms with E-state index in [1.807, 2.05) is 0 Å². The number of carbonyl (C=O) groups is 2. The molecule has 1 aliphatic heterocycles. The maximum Gasteiger partial charge on any atom is 0.335 e. The predicted molar refractivity (Wildman–Crippen MR) is 69.1 cm³/mol. The van der Waals surface area contributed by atoms with E-state index in [9.17, 15) is 9.59 Å². The number of carboxylic acid groups (broad SMARTS) is 1. The zero-order valence-corrected chi connectivity index (χ0v) is 10.8. The first-order valence-electron chi connectivity index (χ1n) is 6.23. The molecule has 1 aromatic carbocycles. The van der Waals surface area contributed by atoms with Crippen LogP contribution >= 0.6 is 0 Å². The molecule has 1 amide bonds. The first kappa shape index (κ1) is 13.5. The monoisotopic (exact) mass is 263 g/mol. The van der Waals surface area contributed by atoms with Gasteiger partial charge in [0.15, 0.2) is 0 Å². The maximum atomic E-state index is 12.0. The van der Waals surface area contributed by atoms with Crippen molar-refractivity contribution in [2.45, 2.75) is 18.9 Å². The van der Waals surface area contributed by atoms with Gasteiger partial charge in [0.05, 0.1) is 18.1 Å². The Balaban J connectivity index is 1.94. The van der Waals surface area contributed by atoms with Crippen molar-refractivity contribution in [2.75, 3.05) is 20.2 Å². The van der Waals surface area contributed by atoms with Crippen molar-refractivity contribution in [3.05, 3.63) is 35.4 Å². The molecule has 2 rings (SSSR count). The van der Waals surface area contributed by atoms with Crippen molar-refractivity contribution >= 4 is 11.9 Å². The first-order valence-corrected chi connectivity index (χ1v) is 6.23. The third-order valence-corrected chi connectivity index (χ3v) is 3.39. The minimum absolute atomic E-state index is 0.0580. The molecule has 0 aromatic heterocycles. The van der Waals surface area contributed by atoms with Crippen LogP contribution in [-0.2, 0) is 16.0 Å². The third kappa shape index (κ3) is 3.32. The van der Waals surface area contributed by atoms with Crippen LogP contribution in [0.5, 0.6) is 0 Å². The minimum Gasteiger partial charge on any atom is -0.478 e. The second-order valence-corrected chi connectivity index (χ2v) is 4.66. The lowest BCUT2D eigenvalue weighted by Crippen LogP contribution is -2.31. The van der Waals surface area contributed by atoms with Gasteiger partial charge in [0.2, 0.25) is 5.91 Å². The lowest BCUT2D eigenvalue weighted by molar-refractivity contribution is -0.129. The fourth-order valence-corrected chi connectivity index (χ4v) is 2.20. The quantitative estimate of drug-likeness (QED) is 0.885. The van der Waals surface area contributed by atoms with Gasteiger partial charge >= 0.3 is 5.97 Å². The molecular weight excluding hydrogens is 246 g/mol. The molecule has 0 bridgehead atoms. The van der Waals surface area contributed by atoms with Crippen LogP contribution in [0, 0.1) is 0 Å². The number of benzene rings is 1. The second kappa shape index (κ2) is 5.84. The fraction of sp³-hybridized carbons (Fsp3) is 0.429. The number of aromatic carboxylic acids is 1. The highest BCUT2D eigenvalue weighted by molar-refractivity contribution is 5.87. The van der Waals surface area contributed by atoms with E-state index in [0.717, 1.165) is 18.5 Å². The number of hydrogen-bond acceptors (Lipinski definition) is 3. The van der Waals surface area contributed by atoms with Gasteiger partial charge in [0.25, 0.3) is 0 Å². The molecule has 5 heteroatoms. The van der Waals surface area contributed by atoms with Crippen molar-refractivity contribution in [2.24, 2.45) is 0 Å². The standard InChI is InChI=1S/C14H17NO4/c1-19-12-6-7-15(9-12)13(16)8-10-2-4-11(5-3-10)14(17)18/h2-5,12H,6-9H2,1H3,(H,17,18)/t12-/m0/s1. The van der Waals surface area contributed by atoms with Crippen LogP contribution in [0.2, 0.25) is 0 Å². The summed E-state index contributed by atoms with van der Waals surface area (Å²) in [6.07, 6.45) is 1.31. The number of methoxy groups -OCH3 is 1. The van der Waals surface area contributed by atoms with Crippen LogP contribution in [0.1, 0.15) is 22.3 Å². The molecule has 1 aliphatic rings. The number of carboxylic acids is 1. The molecule has 1 heterocycles. The van der Waals surface area contributed by atoms with Gasteiger partial charge in [-0.3, -0.25) is 4.79 Å². The molecule has 19 heavy (non-hydrogen) atoms. The fourth-order valence-electron chi connectivity index (χ4n) is 2.20. The number of amides is 1. The molecule has 1 aromatic rings. The van der Waals surface area contributed by atoms with Gasteiger partial charge in [-0.2, -0.15) is 0 Å². The zero-order valence-electron chi connectivity index (χ0n) is 10.8. The number of likely N-dealkylation sites (tertiary alicyclic amines) is 1. The van der Waals surface area contributed by atoms with Crippen LogP contribution < -0.4 is 0 Å². The molecule has 0 aliphatic carbocycles. The summed E-state index contributed by atoms with van der Waals surface area (Å²) >= 11 is 0. The van der Waals surface area contributed by atoms with Gasteiger partial charge in [-0.05, 0) is 24.1 Å². The Bertz CT molecular complexity index is 469. The summed E-state index contributed by atoms with van der Waals surface area (Å²) in [5.74, 6) is -0.900. The Morgan fingerprint density at radius 2 is 2.05 bits per heavy atom. The summed E-state index contributed by atoms with van der Waals surface area (Å²) < 4.78 is 5.22. The van der Waals surface area contributed by atoms with Crippen molar-refractivity contribution in [3.8, 4) is 0 Å². The van der Waals surface area contributed by atoms with E-state index in [1.165, 1.54) is 12.1 Å². The molecule has 1 saturated heterocycles. The summed E-state index contributed by atoms with van der Waals surface area (Å²) in [6, 6.07) is 6.41. The van der Waals surface area contributed by atoms with Crippen LogP contribution in [0.15, 0.2) is 24.3 Å². The normalized spacial score (nSPS) is 18.6. The number of ether oxygens (including phenoxy) is 1. The molecule has 102 valence electrons. The predicted octanol–water partition coefficient (Wildman–Crippen LogP) is 1.17. The van der Waals surface area contributed by atoms with Gasteiger partial charge < -0.3 is 14.7 Å². The lowest BCUT2D eigenvalue weighted by Gasteiger charge is -2.16. The molecule has 1 N–H and O–H groups in total. The van der Waals surface area contributed by atoms with E-state index in [1.54, 1.807) is 24.1 Å². The van der Waals surface area contributed by atoms with E-state index in [2.05, 4.69) is 0 Å². The average molecular weight is 263 g/mol. The molecule has 1 fully saturated rings. The summed E-state index contributed by atoms with van der Waals surface area (Å²) in [7, 11) is 1.66. The SMILES string of the molecule is CO[C@H]1CCN(C(=O)Cc2ccc(C(=O)O)cc2)C1. The Labute approximate surface area is 111 Å². The topological polar surface area (TPSA) is 66.8 Å². The van der Waals surface area contributed by atoms with Crippen LogP contribution in [-0.4, -0.2) is 48.2 Å². The van der Waals surface area contributed by atoms with Crippen molar-refractivity contribution in [1.82, 2.24) is 4.90 Å². The maximum absolute atomic E-state index is 12.0. The van der Waals surface area contributed by atoms with Gasteiger partial charge in [-0.25, -0.2) is 4.79 Å². The number of carbonyl (C=O) groups excluding carboxylic acids is 1. The Morgan fingerprint density at radius 1 is 1.37 bits per heavy atom. The van der Waals surface area contributed by atoms with Crippen molar-refractivity contribution in [3.63, 3.8) is 0 Å². The van der Waals surface area contributed by atoms with E-state index < -0.39 is 5.97 Å². The molecule has 5 nitrogen and oxygen atoms in total. The summed E-state index contributed by atoms with van der Waals surface area (Å²) in [5, 5.41) is 8.80. The Morgan fingerprint density at radius 3 is 2.58 bits per heavy atom. The van der Waals surface area contributed by atoms with E-state index >= 15 is 0 Å². The molecule has 0 saturated carbocycles. The van der Waals surface area contributed by atoms with Gasteiger partial charge in [0.1, 0.15) is 0 Å². The Hall–Kier alpha value is -1.88. The average Bonchev–Trinajstić information content (AvgIpc) is 2.88. The molecule has 0 unspecified atom stereocenters. The van der Waals surface area contributed by atoms with E-state index in [-0.39, 0.29) is 17.6 Å². The lowest BCUT2D eigenvalue weighted by atomic mass is 10.1. The van der Waals surface area contributed by atoms with E-state index in [0.29, 0.717) is 13.0 Å². The van der Waals surface area contributed by atoms with Crippen LogP contribution in [0.3, 0.4) is 0 Å². The highest BCUT2D eigenvalue weighted by Crippen LogP contribution is 2.14. The van der Waals surface area contributed by atoms with Crippen LogP contribution in [0.4, 0.5) is 0 Å². The molecule has 0 radical (unpaired) electrons. The number of nitrogens with zero attached hydrogens (tertiary/aromatic N) is 1. The molecule has 0 spiro atoms. The van der Waals surface area contributed by atoms with Crippen molar-refractivity contribution < 1.29 is 19.4 Å². The first-order chi connectivity index (χ1) is 9.10. The summed E-state index contributed by atoms with van der Waals surface area (Å²) in [4.78, 5) is 24.6. The molecule has 1 atom stereocenters. The zero-order chi connectivity index (χ0) is 13.8. The summed E-state index contributed by atoms with van der Waals surface area (Å²) in [6.45, 7) is 1.37. The van der Waals surface area contributed by atoms with Gasteiger partial charge in [0, 0.05) is 20.2 Å². The highest BCUT2D eigenvalue weighted by atomic mass is 16.5. The van der Waals surface area contributed by atoms with Crippen molar-refractivity contribution in [1.29, 1.82) is 0 Å².